The van der Waals surface area contributed by atoms with Crippen LogP contribution < -0.4 is 0 Å². The summed E-state index contributed by atoms with van der Waals surface area (Å²) < 4.78 is 28.9. The first-order valence-electron chi connectivity index (χ1n) is 6.53. The first kappa shape index (κ1) is 13.5. The second-order valence-corrected chi connectivity index (χ2v) is 5.10. The van der Waals surface area contributed by atoms with Crippen LogP contribution in [-0.2, 0) is 7.05 Å². The molecule has 1 aromatic heterocycles. The fourth-order valence-corrected chi connectivity index (χ4v) is 2.50. The molecule has 0 fully saturated rings. The van der Waals surface area contributed by atoms with E-state index in [9.17, 15) is 13.6 Å². The summed E-state index contributed by atoms with van der Waals surface area (Å²) in [6.07, 6.45) is 1.65. The Morgan fingerprint density at radius 3 is 2.62 bits per heavy atom. The maximum absolute atomic E-state index is 13.8. The molecule has 0 radical (unpaired) electrons. The minimum Gasteiger partial charge on any atom is -0.350 e. The highest BCUT2D eigenvalue weighted by Crippen LogP contribution is 2.25. The third-order valence-electron chi connectivity index (χ3n) is 3.59. The Kier molecular flexibility index (Phi) is 3.09. The van der Waals surface area contributed by atoms with Gasteiger partial charge in [0.2, 0.25) is 0 Å². The molecule has 0 unspecified atom stereocenters. The van der Waals surface area contributed by atoms with E-state index in [0.29, 0.717) is 5.56 Å². The van der Waals surface area contributed by atoms with Gasteiger partial charge in [-0.3, -0.25) is 4.79 Å². The van der Waals surface area contributed by atoms with Crippen molar-refractivity contribution in [1.29, 1.82) is 0 Å². The fraction of sp³-hybridized carbons (Fsp3) is 0.118. The van der Waals surface area contributed by atoms with Crippen LogP contribution in [0.5, 0.6) is 0 Å². The molecule has 0 spiro atoms. The molecule has 1 heterocycles. The van der Waals surface area contributed by atoms with Gasteiger partial charge in [0, 0.05) is 29.7 Å². The lowest BCUT2D eigenvalue weighted by Gasteiger charge is -2.02. The number of aryl methyl sites for hydroxylation is 2. The normalized spacial score (nSPS) is 11.0. The van der Waals surface area contributed by atoms with Gasteiger partial charge in [0.05, 0.1) is 5.56 Å². The van der Waals surface area contributed by atoms with Gasteiger partial charge in [-0.1, -0.05) is 18.2 Å². The van der Waals surface area contributed by atoms with Crippen molar-refractivity contribution in [2.75, 3.05) is 0 Å². The maximum Gasteiger partial charge on any atom is 0.198 e. The number of ketones is 1. The fourth-order valence-electron chi connectivity index (χ4n) is 2.50. The lowest BCUT2D eigenvalue weighted by Crippen LogP contribution is -2.05. The summed E-state index contributed by atoms with van der Waals surface area (Å²) in [7, 11) is 1.82. The first-order chi connectivity index (χ1) is 9.99. The minimum atomic E-state index is -1.10. The number of halogens is 2. The molecule has 0 N–H and O–H groups in total. The zero-order valence-electron chi connectivity index (χ0n) is 11.7. The zero-order valence-corrected chi connectivity index (χ0v) is 11.7. The highest BCUT2D eigenvalue weighted by Gasteiger charge is 2.20. The number of hydrogen-bond acceptors (Lipinski definition) is 1. The number of carbonyl (C=O) groups excluding carboxylic acids is 1. The van der Waals surface area contributed by atoms with Crippen LogP contribution in [0.15, 0.2) is 42.6 Å². The number of hydrogen-bond donors (Lipinski definition) is 0. The van der Waals surface area contributed by atoms with Crippen molar-refractivity contribution in [3.05, 3.63) is 70.9 Å². The summed E-state index contributed by atoms with van der Waals surface area (Å²) in [5.41, 5.74) is 2.08. The lowest BCUT2D eigenvalue weighted by atomic mass is 10.0. The molecule has 21 heavy (non-hydrogen) atoms. The van der Waals surface area contributed by atoms with E-state index in [1.54, 1.807) is 6.20 Å². The van der Waals surface area contributed by atoms with Crippen molar-refractivity contribution in [3.63, 3.8) is 0 Å². The second kappa shape index (κ2) is 4.81. The molecule has 2 nitrogen and oxygen atoms in total. The standard InChI is InChI=1S/C17H13F2NO/c1-10-6-7-11-13(9-20(2)15(11)8-10)17(21)12-4-3-5-14(18)16(12)19/h3-9H,1-2H3. The van der Waals surface area contributed by atoms with E-state index in [0.717, 1.165) is 22.5 Å². The molecular weight excluding hydrogens is 272 g/mol. The van der Waals surface area contributed by atoms with Gasteiger partial charge in [0.1, 0.15) is 0 Å². The van der Waals surface area contributed by atoms with Crippen molar-refractivity contribution in [2.24, 2.45) is 7.05 Å². The van der Waals surface area contributed by atoms with E-state index < -0.39 is 17.4 Å². The van der Waals surface area contributed by atoms with Gasteiger partial charge in [-0.2, -0.15) is 0 Å². The number of nitrogens with zero attached hydrogens (tertiary/aromatic N) is 1. The quantitative estimate of drug-likeness (QED) is 0.652. The Bertz CT molecular complexity index is 865. The summed E-state index contributed by atoms with van der Waals surface area (Å²) in [5, 5.41) is 0.733. The van der Waals surface area contributed by atoms with Crippen molar-refractivity contribution >= 4 is 16.7 Å². The largest absolute Gasteiger partial charge is 0.350 e. The molecule has 0 saturated heterocycles. The number of carbonyl (C=O) groups is 1. The summed E-state index contributed by atoms with van der Waals surface area (Å²) in [4.78, 5) is 12.5. The molecule has 106 valence electrons. The number of aromatic nitrogens is 1. The van der Waals surface area contributed by atoms with E-state index in [2.05, 4.69) is 0 Å². The van der Waals surface area contributed by atoms with Crippen LogP contribution in [0.1, 0.15) is 21.5 Å². The van der Waals surface area contributed by atoms with Crippen LogP contribution >= 0.6 is 0 Å². The van der Waals surface area contributed by atoms with Crippen LogP contribution in [0, 0.1) is 18.6 Å². The summed E-state index contributed by atoms with van der Waals surface area (Å²) in [5.74, 6) is -2.63. The highest BCUT2D eigenvalue weighted by molar-refractivity contribution is 6.16. The van der Waals surface area contributed by atoms with Gasteiger partial charge in [-0.15, -0.1) is 0 Å². The topological polar surface area (TPSA) is 22.0 Å². The number of benzene rings is 2. The van der Waals surface area contributed by atoms with Gasteiger partial charge in [-0.25, -0.2) is 8.78 Å². The predicted octanol–water partition coefficient (Wildman–Crippen LogP) is 4.00. The van der Waals surface area contributed by atoms with Crippen LogP contribution in [0.2, 0.25) is 0 Å². The molecule has 0 saturated carbocycles. The Morgan fingerprint density at radius 1 is 1.10 bits per heavy atom. The zero-order chi connectivity index (χ0) is 15.1. The molecule has 0 aliphatic carbocycles. The molecule has 0 atom stereocenters. The smallest absolute Gasteiger partial charge is 0.198 e. The van der Waals surface area contributed by atoms with Crippen LogP contribution in [0.25, 0.3) is 10.9 Å². The molecule has 3 rings (SSSR count). The summed E-state index contributed by atoms with van der Waals surface area (Å²) in [6, 6.07) is 9.30. The Hall–Kier alpha value is -2.49. The average molecular weight is 285 g/mol. The molecule has 3 aromatic rings. The molecular formula is C17H13F2NO. The van der Waals surface area contributed by atoms with Gasteiger partial charge in [-0.05, 0) is 30.7 Å². The molecule has 4 heteroatoms. The Balaban J connectivity index is 2.21. The van der Waals surface area contributed by atoms with Crippen LogP contribution in [0.3, 0.4) is 0 Å². The second-order valence-electron chi connectivity index (χ2n) is 5.10. The Labute approximate surface area is 120 Å². The van der Waals surface area contributed by atoms with E-state index >= 15 is 0 Å². The van der Waals surface area contributed by atoms with E-state index in [-0.39, 0.29) is 5.56 Å². The predicted molar refractivity (Wildman–Crippen MR) is 77.4 cm³/mol. The third kappa shape index (κ3) is 2.13. The summed E-state index contributed by atoms with van der Waals surface area (Å²) >= 11 is 0. The Morgan fingerprint density at radius 2 is 1.86 bits per heavy atom. The van der Waals surface area contributed by atoms with Gasteiger partial charge in [0.15, 0.2) is 17.4 Å². The molecule has 2 aromatic carbocycles. The van der Waals surface area contributed by atoms with Crippen molar-refractivity contribution in [2.45, 2.75) is 6.92 Å². The monoisotopic (exact) mass is 285 g/mol. The molecule has 0 aliphatic heterocycles. The van der Waals surface area contributed by atoms with Crippen molar-refractivity contribution < 1.29 is 13.6 Å². The minimum absolute atomic E-state index is 0.247. The average Bonchev–Trinajstić information content (AvgIpc) is 2.78. The van der Waals surface area contributed by atoms with Crippen molar-refractivity contribution in [3.8, 4) is 0 Å². The van der Waals surface area contributed by atoms with E-state index in [1.165, 1.54) is 12.1 Å². The third-order valence-corrected chi connectivity index (χ3v) is 3.59. The SMILES string of the molecule is Cc1ccc2c(C(=O)c3cccc(F)c3F)cn(C)c2c1. The van der Waals surface area contributed by atoms with Crippen molar-refractivity contribution in [1.82, 2.24) is 4.57 Å². The van der Waals surface area contributed by atoms with Crippen LogP contribution in [0.4, 0.5) is 8.78 Å². The van der Waals surface area contributed by atoms with Gasteiger partial charge in [0.25, 0.3) is 0 Å². The molecule has 0 aliphatic rings. The van der Waals surface area contributed by atoms with E-state index in [4.69, 9.17) is 0 Å². The van der Waals surface area contributed by atoms with E-state index in [1.807, 2.05) is 36.7 Å². The molecule has 0 bridgehead atoms. The lowest BCUT2D eigenvalue weighted by molar-refractivity contribution is 0.103. The highest BCUT2D eigenvalue weighted by atomic mass is 19.2. The maximum atomic E-state index is 13.8. The first-order valence-corrected chi connectivity index (χ1v) is 6.53. The van der Waals surface area contributed by atoms with Gasteiger partial charge < -0.3 is 4.57 Å². The number of fused-ring (bicyclic) bond motifs is 1. The van der Waals surface area contributed by atoms with Crippen LogP contribution in [-0.4, -0.2) is 10.4 Å². The van der Waals surface area contributed by atoms with Gasteiger partial charge >= 0.3 is 0 Å². The number of rotatable bonds is 2. The molecule has 0 amide bonds. The summed E-state index contributed by atoms with van der Waals surface area (Å²) in [6.45, 7) is 1.96.